The highest BCUT2D eigenvalue weighted by atomic mass is 35.5. The van der Waals surface area contributed by atoms with Gasteiger partial charge in [0, 0.05) is 10.4 Å². The van der Waals surface area contributed by atoms with E-state index in [4.69, 9.17) is 17.3 Å². The summed E-state index contributed by atoms with van der Waals surface area (Å²) in [4.78, 5) is 3.68. The minimum atomic E-state index is -4.50. The molecule has 0 aliphatic heterocycles. The molecule has 2 N–H and O–H groups in total. The molecule has 1 heterocycles. The summed E-state index contributed by atoms with van der Waals surface area (Å²) in [5, 5.41) is 0.334. The predicted molar refractivity (Wildman–Crippen MR) is 56.2 cm³/mol. The van der Waals surface area contributed by atoms with Crippen molar-refractivity contribution < 1.29 is 13.2 Å². The summed E-state index contributed by atoms with van der Waals surface area (Å²) in [6.07, 6.45) is -4.50. The van der Waals surface area contributed by atoms with Gasteiger partial charge >= 0.3 is 6.18 Å². The van der Waals surface area contributed by atoms with Crippen molar-refractivity contribution in [1.29, 1.82) is 0 Å². The molecule has 0 fully saturated rings. The molecule has 16 heavy (non-hydrogen) atoms. The summed E-state index contributed by atoms with van der Waals surface area (Å²) in [6, 6.07) is 5.15. The van der Waals surface area contributed by atoms with E-state index in [2.05, 4.69) is 4.98 Å². The Hall–Kier alpha value is -1.49. The van der Waals surface area contributed by atoms with Crippen molar-refractivity contribution >= 4 is 28.3 Å². The predicted octanol–water partition coefficient (Wildman–Crippen LogP) is 3.49. The van der Waals surface area contributed by atoms with Gasteiger partial charge in [-0.05, 0) is 24.3 Å². The van der Waals surface area contributed by atoms with E-state index < -0.39 is 11.7 Å². The van der Waals surface area contributed by atoms with E-state index in [9.17, 15) is 13.2 Å². The van der Waals surface area contributed by atoms with Crippen LogP contribution in [0.1, 0.15) is 5.56 Å². The first-order valence-electron chi connectivity index (χ1n) is 4.31. The van der Waals surface area contributed by atoms with Crippen LogP contribution in [0.15, 0.2) is 24.3 Å². The molecular weight excluding hydrogens is 241 g/mol. The Morgan fingerprint density at radius 2 is 1.88 bits per heavy atom. The fourth-order valence-electron chi connectivity index (χ4n) is 1.43. The number of rotatable bonds is 0. The van der Waals surface area contributed by atoms with Crippen LogP contribution in [0.2, 0.25) is 5.02 Å². The van der Waals surface area contributed by atoms with Gasteiger partial charge in [0.1, 0.15) is 5.82 Å². The lowest BCUT2D eigenvalue weighted by atomic mass is 10.1. The molecule has 0 aliphatic carbocycles. The maximum atomic E-state index is 12.7. The smallest absolute Gasteiger partial charge is 0.384 e. The van der Waals surface area contributed by atoms with Gasteiger partial charge in [-0.2, -0.15) is 13.2 Å². The van der Waals surface area contributed by atoms with Gasteiger partial charge < -0.3 is 5.73 Å². The van der Waals surface area contributed by atoms with Crippen LogP contribution in [-0.2, 0) is 6.18 Å². The van der Waals surface area contributed by atoms with E-state index in [-0.39, 0.29) is 16.4 Å². The first kappa shape index (κ1) is 11.0. The number of alkyl halides is 3. The fraction of sp³-hybridized carbons (Fsp3) is 0.100. The van der Waals surface area contributed by atoms with Crippen LogP contribution >= 0.6 is 11.6 Å². The number of anilines is 1. The highest BCUT2D eigenvalue weighted by molar-refractivity contribution is 6.31. The lowest BCUT2D eigenvalue weighted by Gasteiger charge is -2.10. The van der Waals surface area contributed by atoms with E-state index >= 15 is 0 Å². The van der Waals surface area contributed by atoms with Gasteiger partial charge in [0.05, 0.1) is 11.1 Å². The van der Waals surface area contributed by atoms with Crippen molar-refractivity contribution in [3.8, 4) is 0 Å². The molecular formula is C10H6ClF3N2. The molecule has 1 aromatic carbocycles. The zero-order valence-corrected chi connectivity index (χ0v) is 8.60. The molecule has 84 valence electrons. The van der Waals surface area contributed by atoms with Gasteiger partial charge in [0.15, 0.2) is 0 Å². The van der Waals surface area contributed by atoms with Crippen molar-refractivity contribution in [2.45, 2.75) is 6.18 Å². The van der Waals surface area contributed by atoms with Crippen LogP contribution in [-0.4, -0.2) is 4.98 Å². The zero-order valence-electron chi connectivity index (χ0n) is 7.85. The number of nitrogen functional groups attached to an aromatic ring is 1. The summed E-state index contributed by atoms with van der Waals surface area (Å²) in [7, 11) is 0. The fourth-order valence-corrected chi connectivity index (χ4v) is 1.66. The number of nitrogens with two attached hydrogens (primary N) is 1. The first-order chi connectivity index (χ1) is 7.38. The SMILES string of the molecule is Nc1ccc2cc(Cl)cc(C(F)(F)F)c2n1. The Kier molecular flexibility index (Phi) is 2.42. The quantitative estimate of drug-likeness (QED) is 0.773. The van der Waals surface area contributed by atoms with Crippen LogP contribution in [0.3, 0.4) is 0 Å². The Balaban J connectivity index is 2.85. The molecule has 0 amide bonds. The first-order valence-corrected chi connectivity index (χ1v) is 4.69. The number of hydrogen-bond acceptors (Lipinski definition) is 2. The van der Waals surface area contributed by atoms with Crippen LogP contribution in [0, 0.1) is 0 Å². The van der Waals surface area contributed by atoms with E-state index in [0.29, 0.717) is 5.39 Å². The lowest BCUT2D eigenvalue weighted by Crippen LogP contribution is -2.07. The normalized spacial score (nSPS) is 12.0. The molecule has 0 saturated carbocycles. The van der Waals surface area contributed by atoms with Crippen LogP contribution in [0.4, 0.5) is 19.0 Å². The van der Waals surface area contributed by atoms with E-state index in [0.717, 1.165) is 6.07 Å². The molecule has 1 aromatic heterocycles. The Bertz CT molecular complexity index is 551. The minimum absolute atomic E-state index is 0.0198. The van der Waals surface area contributed by atoms with E-state index in [1.54, 1.807) is 0 Å². The third-order valence-corrected chi connectivity index (χ3v) is 2.30. The summed E-state index contributed by atoms with van der Waals surface area (Å²) in [5.74, 6) is 0.0420. The molecule has 2 aromatic rings. The van der Waals surface area contributed by atoms with Crippen LogP contribution < -0.4 is 5.73 Å². The van der Waals surface area contributed by atoms with Crippen LogP contribution in [0.25, 0.3) is 10.9 Å². The van der Waals surface area contributed by atoms with Gasteiger partial charge in [-0.25, -0.2) is 4.98 Å². The molecule has 2 rings (SSSR count). The number of pyridine rings is 1. The number of benzene rings is 1. The molecule has 0 bridgehead atoms. The average Bonchev–Trinajstić information content (AvgIpc) is 2.16. The summed E-state index contributed by atoms with van der Waals surface area (Å²) >= 11 is 5.61. The minimum Gasteiger partial charge on any atom is -0.384 e. The highest BCUT2D eigenvalue weighted by Gasteiger charge is 2.33. The van der Waals surface area contributed by atoms with Gasteiger partial charge in [0.2, 0.25) is 0 Å². The monoisotopic (exact) mass is 246 g/mol. The number of fused-ring (bicyclic) bond motifs is 1. The van der Waals surface area contributed by atoms with E-state index in [1.807, 2.05) is 0 Å². The highest BCUT2D eigenvalue weighted by Crippen LogP contribution is 2.36. The van der Waals surface area contributed by atoms with Crippen molar-refractivity contribution in [1.82, 2.24) is 4.98 Å². The maximum Gasteiger partial charge on any atom is 0.418 e. The van der Waals surface area contributed by atoms with Gasteiger partial charge in [-0.15, -0.1) is 0 Å². The molecule has 0 radical (unpaired) electrons. The zero-order chi connectivity index (χ0) is 11.9. The standard InChI is InChI=1S/C10H6ClF3N2/c11-6-3-5-1-2-8(15)16-9(5)7(4-6)10(12,13)14/h1-4H,(H2,15,16). The van der Waals surface area contributed by atoms with Crippen molar-refractivity contribution in [2.24, 2.45) is 0 Å². The molecule has 6 heteroatoms. The second kappa shape index (κ2) is 3.52. The van der Waals surface area contributed by atoms with Crippen molar-refractivity contribution in [2.75, 3.05) is 5.73 Å². The Labute approximate surface area is 93.8 Å². The molecule has 0 atom stereocenters. The molecule has 0 unspecified atom stereocenters. The van der Waals surface area contributed by atoms with Gasteiger partial charge in [-0.3, -0.25) is 0 Å². The summed E-state index contributed by atoms with van der Waals surface area (Å²) in [6.45, 7) is 0. The topological polar surface area (TPSA) is 38.9 Å². The number of aromatic nitrogens is 1. The molecule has 2 nitrogen and oxygen atoms in total. The van der Waals surface area contributed by atoms with Crippen molar-refractivity contribution in [3.63, 3.8) is 0 Å². The second-order valence-corrected chi connectivity index (χ2v) is 3.70. The van der Waals surface area contributed by atoms with E-state index in [1.165, 1.54) is 18.2 Å². The largest absolute Gasteiger partial charge is 0.418 e. The summed E-state index contributed by atoms with van der Waals surface area (Å²) in [5.41, 5.74) is 4.31. The van der Waals surface area contributed by atoms with Crippen LogP contribution in [0.5, 0.6) is 0 Å². The molecule has 0 spiro atoms. The Morgan fingerprint density at radius 1 is 1.19 bits per heavy atom. The third kappa shape index (κ3) is 1.90. The van der Waals surface area contributed by atoms with Gasteiger partial charge in [0.25, 0.3) is 0 Å². The lowest BCUT2D eigenvalue weighted by molar-refractivity contribution is -0.136. The summed E-state index contributed by atoms with van der Waals surface area (Å²) < 4.78 is 38.1. The molecule has 0 aliphatic rings. The number of nitrogens with zero attached hydrogens (tertiary/aromatic N) is 1. The maximum absolute atomic E-state index is 12.7. The van der Waals surface area contributed by atoms with Crippen molar-refractivity contribution in [3.05, 3.63) is 34.9 Å². The molecule has 0 saturated heterocycles. The third-order valence-electron chi connectivity index (χ3n) is 2.08. The average molecular weight is 247 g/mol. The number of halogens is 4. The Morgan fingerprint density at radius 3 is 2.50 bits per heavy atom. The second-order valence-electron chi connectivity index (χ2n) is 3.26. The number of hydrogen-bond donors (Lipinski definition) is 1. The van der Waals surface area contributed by atoms with Gasteiger partial charge in [-0.1, -0.05) is 11.6 Å².